The Labute approximate surface area is 108 Å². The Hall–Kier alpha value is -1.76. The molecule has 4 nitrogen and oxygen atoms in total. The fourth-order valence-corrected chi connectivity index (χ4v) is 1.36. The van der Waals surface area contributed by atoms with Crippen molar-refractivity contribution >= 4 is 11.7 Å². The van der Waals surface area contributed by atoms with Crippen molar-refractivity contribution in [2.45, 2.75) is 12.6 Å². The summed E-state index contributed by atoms with van der Waals surface area (Å²) in [6.45, 7) is 0.452. The van der Waals surface area contributed by atoms with Gasteiger partial charge in [-0.2, -0.15) is 13.2 Å². The summed E-state index contributed by atoms with van der Waals surface area (Å²) in [5.74, 6) is -0.875. The fourth-order valence-electron chi connectivity index (χ4n) is 1.36. The number of ether oxygens (including phenoxy) is 2. The monoisotopic (exact) mass is 277 g/mol. The smallest absolute Gasteiger partial charge is 0.416 e. The second-order valence-corrected chi connectivity index (χ2v) is 3.78. The second kappa shape index (κ2) is 6.42. The first kappa shape index (κ1) is 15.3. The number of benzene rings is 1. The lowest BCUT2D eigenvalue weighted by atomic mass is 10.1. The molecular weight excluding hydrogens is 263 g/mol. The van der Waals surface area contributed by atoms with Crippen LogP contribution in [-0.2, 0) is 15.7 Å². The molecule has 0 fully saturated rings. The number of carbonyl (C=O) groups is 1. The van der Waals surface area contributed by atoms with Crippen LogP contribution in [0.1, 0.15) is 22.3 Å². The molecule has 0 saturated heterocycles. The van der Waals surface area contributed by atoms with Gasteiger partial charge in [0.2, 0.25) is 0 Å². The highest BCUT2D eigenvalue weighted by Crippen LogP contribution is 2.31. The van der Waals surface area contributed by atoms with E-state index in [-0.39, 0.29) is 17.9 Å². The van der Waals surface area contributed by atoms with E-state index in [4.69, 9.17) is 15.2 Å². The Morgan fingerprint density at radius 2 is 2.00 bits per heavy atom. The summed E-state index contributed by atoms with van der Waals surface area (Å²) in [5, 5.41) is 0. The van der Waals surface area contributed by atoms with Crippen LogP contribution in [0.4, 0.5) is 18.9 Å². The third-order valence-corrected chi connectivity index (χ3v) is 2.33. The molecule has 0 amide bonds. The Bertz CT molecular complexity index is 446. The maximum Gasteiger partial charge on any atom is 0.416 e. The van der Waals surface area contributed by atoms with Crippen molar-refractivity contribution in [3.05, 3.63) is 29.3 Å². The van der Waals surface area contributed by atoms with E-state index in [0.717, 1.165) is 12.1 Å². The Morgan fingerprint density at radius 3 is 2.58 bits per heavy atom. The zero-order valence-corrected chi connectivity index (χ0v) is 10.3. The van der Waals surface area contributed by atoms with Crippen LogP contribution < -0.4 is 5.73 Å². The van der Waals surface area contributed by atoms with E-state index in [1.807, 2.05) is 0 Å². The lowest BCUT2D eigenvalue weighted by Gasteiger charge is -2.11. The average molecular weight is 277 g/mol. The molecular formula is C12H14F3NO3. The molecule has 2 N–H and O–H groups in total. The summed E-state index contributed by atoms with van der Waals surface area (Å²) in [5.41, 5.74) is 4.20. The van der Waals surface area contributed by atoms with E-state index in [2.05, 4.69) is 0 Å². The van der Waals surface area contributed by atoms with E-state index in [0.29, 0.717) is 19.1 Å². The van der Waals surface area contributed by atoms with E-state index in [9.17, 15) is 18.0 Å². The van der Waals surface area contributed by atoms with Gasteiger partial charge in [-0.15, -0.1) is 0 Å². The van der Waals surface area contributed by atoms with Gasteiger partial charge in [0, 0.05) is 25.8 Å². The van der Waals surface area contributed by atoms with Crippen LogP contribution in [0.25, 0.3) is 0 Å². The minimum Gasteiger partial charge on any atom is -0.462 e. The van der Waals surface area contributed by atoms with Gasteiger partial charge in [0.25, 0.3) is 0 Å². The van der Waals surface area contributed by atoms with Crippen molar-refractivity contribution in [2.75, 3.05) is 26.1 Å². The van der Waals surface area contributed by atoms with Gasteiger partial charge in [-0.25, -0.2) is 4.79 Å². The molecule has 7 heteroatoms. The van der Waals surface area contributed by atoms with Crippen LogP contribution in [0.5, 0.6) is 0 Å². The number of hydrogen-bond donors (Lipinski definition) is 1. The summed E-state index contributed by atoms with van der Waals surface area (Å²) in [6, 6.07) is 2.54. The third-order valence-electron chi connectivity index (χ3n) is 2.33. The minimum absolute atomic E-state index is 0.0512. The van der Waals surface area contributed by atoms with Crippen LogP contribution in [0, 0.1) is 0 Å². The number of alkyl halides is 3. The largest absolute Gasteiger partial charge is 0.462 e. The van der Waals surface area contributed by atoms with E-state index >= 15 is 0 Å². The highest BCUT2D eigenvalue weighted by Gasteiger charge is 2.31. The molecule has 0 spiro atoms. The molecule has 106 valence electrons. The van der Waals surface area contributed by atoms with Crippen LogP contribution in [0.2, 0.25) is 0 Å². The SMILES string of the molecule is COCCCOC(=O)c1cc(C(F)(F)F)ccc1N. The predicted octanol–water partition coefficient (Wildman–Crippen LogP) is 2.48. The number of carbonyl (C=O) groups excluding carboxylic acids is 1. The zero-order chi connectivity index (χ0) is 14.5. The molecule has 0 radical (unpaired) electrons. The van der Waals surface area contributed by atoms with Crippen molar-refractivity contribution in [3.8, 4) is 0 Å². The lowest BCUT2D eigenvalue weighted by Crippen LogP contribution is -2.13. The topological polar surface area (TPSA) is 61.5 Å². The number of nitrogen functional groups attached to an aromatic ring is 1. The number of anilines is 1. The molecule has 0 bridgehead atoms. The fraction of sp³-hybridized carbons (Fsp3) is 0.417. The van der Waals surface area contributed by atoms with E-state index < -0.39 is 17.7 Å². The first-order valence-corrected chi connectivity index (χ1v) is 5.49. The molecule has 1 rings (SSSR count). The average Bonchev–Trinajstić information content (AvgIpc) is 2.33. The Kier molecular flexibility index (Phi) is 5.17. The van der Waals surface area contributed by atoms with Gasteiger partial charge in [0.1, 0.15) is 0 Å². The van der Waals surface area contributed by atoms with Crippen molar-refractivity contribution in [1.29, 1.82) is 0 Å². The van der Waals surface area contributed by atoms with Crippen molar-refractivity contribution in [2.24, 2.45) is 0 Å². The minimum atomic E-state index is -4.53. The summed E-state index contributed by atoms with van der Waals surface area (Å²) in [6.07, 6.45) is -4.07. The van der Waals surface area contributed by atoms with Gasteiger partial charge in [-0.3, -0.25) is 0 Å². The quantitative estimate of drug-likeness (QED) is 0.510. The summed E-state index contributed by atoms with van der Waals surface area (Å²) >= 11 is 0. The molecule has 1 aromatic carbocycles. The van der Waals surface area contributed by atoms with E-state index in [1.165, 1.54) is 7.11 Å². The summed E-state index contributed by atoms with van der Waals surface area (Å²) in [7, 11) is 1.49. The van der Waals surface area contributed by atoms with Crippen molar-refractivity contribution < 1.29 is 27.4 Å². The molecule has 0 heterocycles. The highest BCUT2D eigenvalue weighted by molar-refractivity contribution is 5.95. The Balaban J connectivity index is 2.78. The van der Waals surface area contributed by atoms with Crippen LogP contribution >= 0.6 is 0 Å². The first-order valence-electron chi connectivity index (χ1n) is 5.49. The third kappa shape index (κ3) is 4.44. The standard InChI is InChI=1S/C12H14F3NO3/c1-18-5-2-6-19-11(17)9-7-8(12(13,14)15)3-4-10(9)16/h3-4,7H,2,5-6,16H2,1H3. The molecule has 0 saturated carbocycles. The number of nitrogens with two attached hydrogens (primary N) is 1. The van der Waals surface area contributed by atoms with Crippen LogP contribution in [0.3, 0.4) is 0 Å². The van der Waals surface area contributed by atoms with E-state index in [1.54, 1.807) is 0 Å². The molecule has 0 aliphatic heterocycles. The van der Waals surface area contributed by atoms with Gasteiger partial charge in [0.15, 0.2) is 0 Å². The van der Waals surface area contributed by atoms with Crippen molar-refractivity contribution in [3.63, 3.8) is 0 Å². The maximum atomic E-state index is 12.5. The number of esters is 1. The molecule has 1 aromatic rings. The number of halogens is 3. The maximum absolute atomic E-state index is 12.5. The number of methoxy groups -OCH3 is 1. The summed E-state index contributed by atoms with van der Waals surface area (Å²) in [4.78, 5) is 11.6. The normalized spacial score (nSPS) is 11.4. The number of hydrogen-bond acceptors (Lipinski definition) is 4. The molecule has 19 heavy (non-hydrogen) atoms. The zero-order valence-electron chi connectivity index (χ0n) is 10.3. The van der Waals surface area contributed by atoms with Crippen LogP contribution in [-0.4, -0.2) is 26.3 Å². The Morgan fingerprint density at radius 1 is 1.32 bits per heavy atom. The number of rotatable bonds is 5. The molecule has 0 aromatic heterocycles. The molecule has 0 unspecified atom stereocenters. The highest BCUT2D eigenvalue weighted by atomic mass is 19.4. The van der Waals surface area contributed by atoms with Gasteiger partial charge in [-0.1, -0.05) is 0 Å². The van der Waals surface area contributed by atoms with Gasteiger partial charge < -0.3 is 15.2 Å². The predicted molar refractivity (Wildman–Crippen MR) is 62.6 cm³/mol. The van der Waals surface area contributed by atoms with Gasteiger partial charge in [-0.05, 0) is 18.2 Å². The molecule has 0 aliphatic rings. The first-order chi connectivity index (χ1) is 8.86. The molecule has 0 aliphatic carbocycles. The lowest BCUT2D eigenvalue weighted by molar-refractivity contribution is -0.137. The molecule has 0 atom stereocenters. The van der Waals surface area contributed by atoms with Gasteiger partial charge >= 0.3 is 12.1 Å². The summed E-state index contributed by atoms with van der Waals surface area (Å²) < 4.78 is 47.1. The second-order valence-electron chi connectivity index (χ2n) is 3.78. The van der Waals surface area contributed by atoms with Crippen LogP contribution in [0.15, 0.2) is 18.2 Å². The van der Waals surface area contributed by atoms with Crippen molar-refractivity contribution in [1.82, 2.24) is 0 Å². The van der Waals surface area contributed by atoms with Gasteiger partial charge in [0.05, 0.1) is 17.7 Å².